The zero-order valence-corrected chi connectivity index (χ0v) is 11.5. The van der Waals surface area contributed by atoms with E-state index in [1.54, 1.807) is 6.92 Å². The van der Waals surface area contributed by atoms with E-state index in [1.807, 2.05) is 20.8 Å². The van der Waals surface area contributed by atoms with E-state index in [1.165, 1.54) is 0 Å². The quantitative estimate of drug-likeness (QED) is 0.796. The van der Waals surface area contributed by atoms with Crippen LogP contribution < -0.4 is 5.32 Å². The van der Waals surface area contributed by atoms with Crippen LogP contribution in [-0.4, -0.2) is 27.2 Å². The number of aryl methyl sites for hydroxylation is 1. The lowest BCUT2D eigenvalue weighted by atomic mass is 10.1. The van der Waals surface area contributed by atoms with Crippen LogP contribution in [0.4, 0.5) is 5.82 Å². The highest BCUT2D eigenvalue weighted by Gasteiger charge is 2.12. The standard InChI is InChI=1S/C12H20ClN3O/c1-5-10-15-11(13)9(4)12(16-10)14-7(2)6-8(3)17/h7-8,17H,5-6H2,1-4H3,(H,14,15,16). The van der Waals surface area contributed by atoms with Gasteiger partial charge in [-0.15, -0.1) is 0 Å². The third kappa shape index (κ3) is 4.13. The zero-order valence-electron chi connectivity index (χ0n) is 10.8. The van der Waals surface area contributed by atoms with Crippen molar-refractivity contribution in [2.24, 2.45) is 0 Å². The molecule has 0 amide bonds. The molecule has 0 saturated carbocycles. The van der Waals surface area contributed by atoms with Crippen LogP contribution >= 0.6 is 11.6 Å². The Hall–Kier alpha value is -0.870. The molecule has 0 aliphatic heterocycles. The Kier molecular flexibility index (Phi) is 5.15. The van der Waals surface area contributed by atoms with Crippen LogP contribution in [0.1, 0.15) is 38.6 Å². The molecule has 2 N–H and O–H groups in total. The van der Waals surface area contributed by atoms with Gasteiger partial charge in [-0.25, -0.2) is 9.97 Å². The summed E-state index contributed by atoms with van der Waals surface area (Å²) in [6.07, 6.45) is 1.09. The molecule has 1 rings (SSSR count). The second-order valence-electron chi connectivity index (χ2n) is 4.39. The summed E-state index contributed by atoms with van der Waals surface area (Å²) >= 11 is 6.05. The number of aromatic nitrogens is 2. The van der Waals surface area contributed by atoms with E-state index in [4.69, 9.17) is 11.6 Å². The van der Waals surface area contributed by atoms with E-state index in [9.17, 15) is 5.11 Å². The summed E-state index contributed by atoms with van der Waals surface area (Å²) < 4.78 is 0. The monoisotopic (exact) mass is 257 g/mol. The van der Waals surface area contributed by atoms with Crippen LogP contribution in [0.25, 0.3) is 0 Å². The average molecular weight is 258 g/mol. The molecule has 2 atom stereocenters. The average Bonchev–Trinajstić information content (AvgIpc) is 2.23. The molecule has 1 aromatic rings. The van der Waals surface area contributed by atoms with E-state index >= 15 is 0 Å². The van der Waals surface area contributed by atoms with Gasteiger partial charge in [0.15, 0.2) is 0 Å². The molecular formula is C12H20ClN3O. The van der Waals surface area contributed by atoms with Gasteiger partial charge in [0.1, 0.15) is 16.8 Å². The molecule has 4 nitrogen and oxygen atoms in total. The van der Waals surface area contributed by atoms with Gasteiger partial charge in [0.05, 0.1) is 6.10 Å². The van der Waals surface area contributed by atoms with Crippen LogP contribution in [-0.2, 0) is 6.42 Å². The lowest BCUT2D eigenvalue weighted by molar-refractivity contribution is 0.179. The first-order valence-corrected chi connectivity index (χ1v) is 6.29. The van der Waals surface area contributed by atoms with E-state index in [0.717, 1.165) is 23.6 Å². The van der Waals surface area contributed by atoms with Gasteiger partial charge in [-0.2, -0.15) is 0 Å². The van der Waals surface area contributed by atoms with Gasteiger partial charge in [-0.3, -0.25) is 0 Å². The van der Waals surface area contributed by atoms with Gasteiger partial charge in [0, 0.05) is 18.0 Å². The van der Waals surface area contributed by atoms with Gasteiger partial charge in [-0.1, -0.05) is 18.5 Å². The summed E-state index contributed by atoms with van der Waals surface area (Å²) in [5.74, 6) is 1.49. The molecule has 0 radical (unpaired) electrons. The Morgan fingerprint density at radius 2 is 2.00 bits per heavy atom. The fraction of sp³-hybridized carbons (Fsp3) is 0.667. The summed E-state index contributed by atoms with van der Waals surface area (Å²) in [5.41, 5.74) is 0.848. The number of halogens is 1. The van der Waals surface area contributed by atoms with Gasteiger partial charge < -0.3 is 10.4 Å². The molecular weight excluding hydrogens is 238 g/mol. The number of nitrogens with zero attached hydrogens (tertiary/aromatic N) is 2. The van der Waals surface area contributed by atoms with Crippen LogP contribution in [0.3, 0.4) is 0 Å². The van der Waals surface area contributed by atoms with Crippen molar-refractivity contribution in [3.63, 3.8) is 0 Å². The highest BCUT2D eigenvalue weighted by atomic mass is 35.5. The van der Waals surface area contributed by atoms with Crippen molar-refractivity contribution in [3.8, 4) is 0 Å². The molecule has 5 heteroatoms. The number of nitrogens with one attached hydrogen (secondary N) is 1. The maximum Gasteiger partial charge on any atom is 0.137 e. The Bertz CT molecular complexity index is 382. The molecule has 0 aliphatic rings. The Morgan fingerprint density at radius 3 is 2.53 bits per heavy atom. The summed E-state index contributed by atoms with van der Waals surface area (Å²) in [6, 6.07) is 0.143. The first kappa shape index (κ1) is 14.2. The topological polar surface area (TPSA) is 58.0 Å². The van der Waals surface area contributed by atoms with Gasteiger partial charge >= 0.3 is 0 Å². The molecule has 17 heavy (non-hydrogen) atoms. The minimum absolute atomic E-state index is 0.143. The van der Waals surface area contributed by atoms with Crippen molar-refractivity contribution < 1.29 is 5.11 Å². The SMILES string of the molecule is CCc1nc(Cl)c(C)c(NC(C)CC(C)O)n1. The predicted molar refractivity (Wildman–Crippen MR) is 70.5 cm³/mol. The first-order chi connectivity index (χ1) is 7.93. The smallest absolute Gasteiger partial charge is 0.137 e. The molecule has 0 fully saturated rings. The van der Waals surface area contributed by atoms with Crippen LogP contribution in [0.15, 0.2) is 0 Å². The van der Waals surface area contributed by atoms with E-state index < -0.39 is 0 Å². The second-order valence-corrected chi connectivity index (χ2v) is 4.75. The molecule has 0 aromatic carbocycles. The van der Waals surface area contributed by atoms with Crippen LogP contribution in [0, 0.1) is 6.92 Å². The molecule has 0 aliphatic carbocycles. The maximum absolute atomic E-state index is 9.33. The maximum atomic E-state index is 9.33. The Labute approximate surface area is 107 Å². The number of anilines is 1. The van der Waals surface area contributed by atoms with Gasteiger partial charge in [0.2, 0.25) is 0 Å². The molecule has 1 aromatic heterocycles. The molecule has 0 saturated heterocycles. The third-order valence-electron chi connectivity index (χ3n) is 2.53. The van der Waals surface area contributed by atoms with Gasteiger partial charge in [0.25, 0.3) is 0 Å². The summed E-state index contributed by atoms with van der Waals surface area (Å²) in [6.45, 7) is 7.66. The summed E-state index contributed by atoms with van der Waals surface area (Å²) in [7, 11) is 0. The van der Waals surface area contributed by atoms with Crippen LogP contribution in [0.5, 0.6) is 0 Å². The second kappa shape index (κ2) is 6.17. The van der Waals surface area contributed by atoms with Crippen molar-refractivity contribution in [2.45, 2.75) is 52.7 Å². The molecule has 0 spiro atoms. The highest BCUT2D eigenvalue weighted by molar-refractivity contribution is 6.30. The number of rotatable bonds is 5. The minimum atomic E-state index is -0.333. The molecule has 1 heterocycles. The van der Waals surface area contributed by atoms with E-state index in [0.29, 0.717) is 11.6 Å². The summed E-state index contributed by atoms with van der Waals surface area (Å²) in [4.78, 5) is 8.60. The van der Waals surface area contributed by atoms with Crippen LogP contribution in [0.2, 0.25) is 5.15 Å². The fourth-order valence-electron chi connectivity index (χ4n) is 1.64. The van der Waals surface area contributed by atoms with E-state index in [2.05, 4.69) is 15.3 Å². The van der Waals surface area contributed by atoms with Crippen molar-refractivity contribution in [3.05, 3.63) is 16.5 Å². The number of aliphatic hydroxyl groups is 1. The largest absolute Gasteiger partial charge is 0.393 e. The van der Waals surface area contributed by atoms with Crippen molar-refractivity contribution in [1.29, 1.82) is 0 Å². The third-order valence-corrected chi connectivity index (χ3v) is 2.89. The Balaban J connectivity index is 2.86. The van der Waals surface area contributed by atoms with Gasteiger partial charge in [-0.05, 0) is 27.2 Å². The molecule has 2 unspecified atom stereocenters. The number of hydrogen-bond donors (Lipinski definition) is 2. The van der Waals surface area contributed by atoms with Crippen molar-refractivity contribution in [1.82, 2.24) is 9.97 Å². The van der Waals surface area contributed by atoms with E-state index in [-0.39, 0.29) is 12.1 Å². The minimum Gasteiger partial charge on any atom is -0.393 e. The normalized spacial score (nSPS) is 14.5. The van der Waals surface area contributed by atoms with Crippen molar-refractivity contribution in [2.75, 3.05) is 5.32 Å². The van der Waals surface area contributed by atoms with Crippen molar-refractivity contribution >= 4 is 17.4 Å². The zero-order chi connectivity index (χ0) is 13.0. The first-order valence-electron chi connectivity index (χ1n) is 5.91. The number of hydrogen-bond acceptors (Lipinski definition) is 4. The summed E-state index contributed by atoms with van der Waals surface area (Å²) in [5, 5.41) is 13.1. The molecule has 0 bridgehead atoms. The lowest BCUT2D eigenvalue weighted by Crippen LogP contribution is -2.22. The highest BCUT2D eigenvalue weighted by Crippen LogP contribution is 2.21. The number of aliphatic hydroxyl groups excluding tert-OH is 1. The fourth-order valence-corrected chi connectivity index (χ4v) is 1.82. The lowest BCUT2D eigenvalue weighted by Gasteiger charge is -2.18. The Morgan fingerprint density at radius 1 is 1.35 bits per heavy atom. The predicted octanol–water partition coefficient (Wildman–Crippen LogP) is 2.57. The molecule has 96 valence electrons.